The first kappa shape index (κ1) is 16.8. The van der Waals surface area contributed by atoms with Crippen molar-refractivity contribution in [2.75, 3.05) is 12.4 Å². The summed E-state index contributed by atoms with van der Waals surface area (Å²) in [5, 5.41) is 3.82. The molecule has 5 aliphatic rings. The molecule has 0 spiro atoms. The Labute approximate surface area is 159 Å². The first-order chi connectivity index (χ1) is 12.5. The summed E-state index contributed by atoms with van der Waals surface area (Å²) >= 11 is 1.45. The van der Waals surface area contributed by atoms with Gasteiger partial charge >= 0.3 is 0 Å². The van der Waals surface area contributed by atoms with Crippen molar-refractivity contribution in [3.8, 4) is 0 Å². The fraction of sp³-hybridized carbons (Fsp3) is 0.714. The SMILES string of the molecule is Cc1cc(NC(=O)C2CC2)sc1C(=O)N(C)C1C2CC3CC(C2)CC1C3. The van der Waals surface area contributed by atoms with Gasteiger partial charge in [0.1, 0.15) is 0 Å². The van der Waals surface area contributed by atoms with E-state index in [-0.39, 0.29) is 17.7 Å². The second kappa shape index (κ2) is 6.08. The molecule has 1 aromatic rings. The molecule has 0 aromatic carbocycles. The number of rotatable bonds is 4. The van der Waals surface area contributed by atoms with Crippen LogP contribution in [0.5, 0.6) is 0 Å². The Morgan fingerprint density at radius 2 is 1.69 bits per heavy atom. The van der Waals surface area contributed by atoms with Crippen molar-refractivity contribution in [3.05, 3.63) is 16.5 Å². The smallest absolute Gasteiger partial charge is 0.264 e. The maximum Gasteiger partial charge on any atom is 0.264 e. The Bertz CT molecular complexity index is 723. The minimum atomic E-state index is 0.111. The predicted molar refractivity (Wildman–Crippen MR) is 103 cm³/mol. The van der Waals surface area contributed by atoms with Crippen LogP contribution in [0, 0.1) is 36.5 Å². The van der Waals surface area contributed by atoms with Gasteiger partial charge in [0.15, 0.2) is 0 Å². The summed E-state index contributed by atoms with van der Waals surface area (Å²) in [6.45, 7) is 1.99. The second-order valence-corrected chi connectivity index (χ2v) is 10.3. The number of amides is 2. The summed E-state index contributed by atoms with van der Waals surface area (Å²) in [6, 6.07) is 2.38. The maximum atomic E-state index is 13.3. The van der Waals surface area contributed by atoms with Crippen molar-refractivity contribution < 1.29 is 9.59 Å². The van der Waals surface area contributed by atoms with Crippen LogP contribution in [0.25, 0.3) is 0 Å². The van der Waals surface area contributed by atoms with Crippen molar-refractivity contribution in [2.45, 2.75) is 57.9 Å². The zero-order valence-electron chi connectivity index (χ0n) is 15.7. The zero-order valence-corrected chi connectivity index (χ0v) is 16.5. The van der Waals surface area contributed by atoms with Gasteiger partial charge in [-0.15, -0.1) is 11.3 Å². The maximum absolute atomic E-state index is 13.3. The van der Waals surface area contributed by atoms with Gasteiger partial charge in [0.2, 0.25) is 5.91 Å². The van der Waals surface area contributed by atoms with Crippen LogP contribution >= 0.6 is 11.3 Å². The lowest BCUT2D eigenvalue weighted by molar-refractivity contribution is -0.117. The van der Waals surface area contributed by atoms with Crippen molar-refractivity contribution in [1.82, 2.24) is 4.90 Å². The van der Waals surface area contributed by atoms with Crippen LogP contribution < -0.4 is 5.32 Å². The highest BCUT2D eigenvalue weighted by atomic mass is 32.1. The van der Waals surface area contributed by atoms with E-state index in [1.165, 1.54) is 43.4 Å². The molecular weight excluding hydrogens is 344 g/mol. The minimum Gasteiger partial charge on any atom is -0.337 e. The molecule has 5 heteroatoms. The lowest BCUT2D eigenvalue weighted by Crippen LogP contribution is -2.56. The molecule has 0 atom stereocenters. The Kier molecular flexibility index (Phi) is 3.93. The van der Waals surface area contributed by atoms with E-state index >= 15 is 0 Å². The van der Waals surface area contributed by atoms with E-state index in [1.54, 1.807) is 0 Å². The van der Waals surface area contributed by atoms with Gasteiger partial charge < -0.3 is 10.2 Å². The highest BCUT2D eigenvalue weighted by Crippen LogP contribution is 2.55. The molecule has 1 N–H and O–H groups in total. The van der Waals surface area contributed by atoms with E-state index in [1.807, 2.05) is 20.0 Å². The van der Waals surface area contributed by atoms with Crippen LogP contribution in [0.15, 0.2) is 6.07 Å². The number of thiophene rings is 1. The molecule has 1 aromatic heterocycles. The van der Waals surface area contributed by atoms with Crippen LogP contribution in [-0.4, -0.2) is 29.8 Å². The fourth-order valence-corrected chi connectivity index (χ4v) is 7.21. The third-order valence-corrected chi connectivity index (χ3v) is 8.39. The Hall–Kier alpha value is -1.36. The number of carbonyl (C=O) groups excluding carboxylic acids is 2. The van der Waals surface area contributed by atoms with E-state index < -0.39 is 0 Å². The summed E-state index contributed by atoms with van der Waals surface area (Å²) in [6.07, 6.45) is 8.71. The molecule has 4 nitrogen and oxygen atoms in total. The van der Waals surface area contributed by atoms with Gasteiger partial charge in [0.25, 0.3) is 5.91 Å². The lowest BCUT2D eigenvalue weighted by Gasteiger charge is -2.56. The van der Waals surface area contributed by atoms with E-state index in [9.17, 15) is 9.59 Å². The van der Waals surface area contributed by atoms with Gasteiger partial charge in [-0.1, -0.05) is 0 Å². The number of nitrogens with one attached hydrogen (secondary N) is 1. The first-order valence-corrected chi connectivity index (χ1v) is 11.0. The topological polar surface area (TPSA) is 49.4 Å². The Balaban J connectivity index is 1.33. The third kappa shape index (κ3) is 2.79. The molecular formula is C21H28N2O2S. The summed E-state index contributed by atoms with van der Waals surface area (Å²) in [4.78, 5) is 28.1. The van der Waals surface area contributed by atoms with Gasteiger partial charge in [-0.25, -0.2) is 0 Å². The largest absolute Gasteiger partial charge is 0.337 e. The number of carbonyl (C=O) groups is 2. The molecule has 5 saturated carbocycles. The van der Waals surface area contributed by atoms with Crippen molar-refractivity contribution in [2.24, 2.45) is 29.6 Å². The normalized spacial score (nSPS) is 34.8. The summed E-state index contributed by atoms with van der Waals surface area (Å²) in [5.41, 5.74) is 0.988. The van der Waals surface area contributed by atoms with Gasteiger partial charge in [-0.2, -0.15) is 0 Å². The Morgan fingerprint density at radius 1 is 1.08 bits per heavy atom. The molecule has 26 heavy (non-hydrogen) atoms. The molecule has 0 radical (unpaired) electrons. The van der Waals surface area contributed by atoms with Gasteiger partial charge in [0.05, 0.1) is 9.88 Å². The van der Waals surface area contributed by atoms with Crippen LogP contribution in [0.4, 0.5) is 5.00 Å². The van der Waals surface area contributed by atoms with Crippen LogP contribution in [0.2, 0.25) is 0 Å². The van der Waals surface area contributed by atoms with Crippen LogP contribution in [0.1, 0.15) is 60.2 Å². The number of anilines is 1. The molecule has 0 unspecified atom stereocenters. The van der Waals surface area contributed by atoms with Crippen molar-refractivity contribution in [1.29, 1.82) is 0 Å². The summed E-state index contributed by atoms with van der Waals surface area (Å²) < 4.78 is 0. The zero-order chi connectivity index (χ0) is 18.0. The number of hydrogen-bond acceptors (Lipinski definition) is 3. The van der Waals surface area contributed by atoms with Crippen molar-refractivity contribution >= 4 is 28.2 Å². The average Bonchev–Trinajstić information content (AvgIpc) is 3.37. The monoisotopic (exact) mass is 372 g/mol. The van der Waals surface area contributed by atoms with E-state index in [2.05, 4.69) is 10.2 Å². The quantitative estimate of drug-likeness (QED) is 0.856. The predicted octanol–water partition coefficient (Wildman–Crippen LogP) is 4.30. The van der Waals surface area contributed by atoms with Crippen LogP contribution in [0.3, 0.4) is 0 Å². The van der Waals surface area contributed by atoms with E-state index in [0.29, 0.717) is 17.9 Å². The highest BCUT2D eigenvalue weighted by molar-refractivity contribution is 7.18. The molecule has 5 fully saturated rings. The molecule has 4 bridgehead atoms. The number of nitrogens with zero attached hydrogens (tertiary/aromatic N) is 1. The molecule has 0 aliphatic heterocycles. The van der Waals surface area contributed by atoms with Gasteiger partial charge in [-0.05, 0) is 87.2 Å². The highest BCUT2D eigenvalue weighted by Gasteiger charge is 2.50. The third-order valence-electron chi connectivity index (χ3n) is 7.25. The van der Waals surface area contributed by atoms with E-state index in [4.69, 9.17) is 0 Å². The van der Waals surface area contributed by atoms with Gasteiger partial charge in [0, 0.05) is 19.0 Å². The molecule has 140 valence electrons. The number of hydrogen-bond donors (Lipinski definition) is 1. The Morgan fingerprint density at radius 3 is 2.27 bits per heavy atom. The molecule has 1 heterocycles. The lowest BCUT2D eigenvalue weighted by atomic mass is 9.54. The summed E-state index contributed by atoms with van der Waals surface area (Å²) in [7, 11) is 2.01. The van der Waals surface area contributed by atoms with Gasteiger partial charge in [-0.3, -0.25) is 9.59 Å². The average molecular weight is 373 g/mol. The number of aryl methyl sites for hydroxylation is 1. The standard InChI is InChI=1S/C21H28N2O2S/c1-11-5-17(22-20(24)14-3-4-14)26-19(11)21(25)23(2)18-15-7-12-6-13(9-15)10-16(18)8-12/h5,12-16,18H,3-4,6-10H2,1-2H3,(H,22,24). The molecule has 5 aliphatic carbocycles. The summed E-state index contributed by atoms with van der Waals surface area (Å²) in [5.74, 6) is 3.70. The van der Waals surface area contributed by atoms with Crippen molar-refractivity contribution in [3.63, 3.8) is 0 Å². The van der Waals surface area contributed by atoms with E-state index in [0.717, 1.165) is 40.1 Å². The molecule has 0 saturated heterocycles. The molecule has 6 rings (SSSR count). The molecule has 2 amide bonds. The van der Waals surface area contributed by atoms with Crippen LogP contribution in [-0.2, 0) is 4.79 Å². The fourth-order valence-electron chi connectivity index (χ4n) is 6.15. The first-order valence-electron chi connectivity index (χ1n) is 10.2. The minimum absolute atomic E-state index is 0.111. The second-order valence-electron chi connectivity index (χ2n) is 9.22.